The van der Waals surface area contributed by atoms with Crippen molar-refractivity contribution in [3.05, 3.63) is 0 Å². The lowest BCUT2D eigenvalue weighted by Crippen LogP contribution is -2.43. The highest BCUT2D eigenvalue weighted by Gasteiger charge is 2.22. The monoisotopic (exact) mass is 256 g/mol. The van der Waals surface area contributed by atoms with Crippen molar-refractivity contribution in [2.45, 2.75) is 76.3 Å². The fourth-order valence-corrected chi connectivity index (χ4v) is 2.93. The molecule has 1 aliphatic rings. The van der Waals surface area contributed by atoms with Crippen molar-refractivity contribution >= 4 is 0 Å². The zero-order chi connectivity index (χ0) is 13.4. The Morgan fingerprint density at radius 1 is 1.22 bits per heavy atom. The molecule has 0 saturated heterocycles. The Bertz CT molecular complexity index is 209. The second-order valence-corrected chi connectivity index (χ2v) is 6.10. The summed E-state index contributed by atoms with van der Waals surface area (Å²) in [4.78, 5) is 2.51. The van der Waals surface area contributed by atoms with Gasteiger partial charge in [-0.05, 0) is 45.7 Å². The van der Waals surface area contributed by atoms with Gasteiger partial charge in [-0.15, -0.1) is 0 Å². The third kappa shape index (κ3) is 5.25. The highest BCUT2D eigenvalue weighted by atomic mass is 16.3. The largest absolute Gasteiger partial charge is 0.394 e. The first-order valence-electron chi connectivity index (χ1n) is 7.71. The number of aliphatic hydroxyl groups is 1. The van der Waals surface area contributed by atoms with Gasteiger partial charge < -0.3 is 15.7 Å². The molecule has 1 fully saturated rings. The minimum absolute atomic E-state index is 0.108. The smallest absolute Gasteiger partial charge is 0.0611 e. The standard InChI is InChI=1S/C15H32N2O/c1-3-15(16,13-18)11-8-12-17(2)14-9-6-4-5-7-10-14/h14,18H,3-13,16H2,1-2H3. The summed E-state index contributed by atoms with van der Waals surface area (Å²) in [5.41, 5.74) is 5.76. The number of nitrogens with two attached hydrogens (primary N) is 1. The Labute approximate surface area is 113 Å². The molecule has 0 aromatic heterocycles. The molecule has 0 amide bonds. The molecule has 0 aliphatic heterocycles. The summed E-state index contributed by atoms with van der Waals surface area (Å²) in [6, 6.07) is 0.774. The van der Waals surface area contributed by atoms with Crippen molar-refractivity contribution in [2.75, 3.05) is 20.2 Å². The fourth-order valence-electron chi connectivity index (χ4n) is 2.93. The van der Waals surface area contributed by atoms with Crippen LogP contribution >= 0.6 is 0 Å². The first kappa shape index (κ1) is 15.9. The van der Waals surface area contributed by atoms with Crippen LogP contribution in [0.3, 0.4) is 0 Å². The Morgan fingerprint density at radius 3 is 2.33 bits per heavy atom. The maximum atomic E-state index is 9.30. The third-order valence-corrected chi connectivity index (χ3v) is 4.65. The molecular weight excluding hydrogens is 224 g/mol. The van der Waals surface area contributed by atoms with Crippen LogP contribution in [0.2, 0.25) is 0 Å². The SMILES string of the molecule is CCC(N)(CO)CCCN(C)C1CCCCCC1. The summed E-state index contributed by atoms with van der Waals surface area (Å²) in [7, 11) is 2.25. The van der Waals surface area contributed by atoms with Gasteiger partial charge in [0, 0.05) is 11.6 Å². The van der Waals surface area contributed by atoms with E-state index in [1.165, 1.54) is 38.5 Å². The first-order chi connectivity index (χ1) is 8.61. The molecule has 0 aromatic carbocycles. The molecule has 1 unspecified atom stereocenters. The van der Waals surface area contributed by atoms with Crippen LogP contribution in [0.25, 0.3) is 0 Å². The predicted molar refractivity (Wildman–Crippen MR) is 77.6 cm³/mol. The number of hydrogen-bond donors (Lipinski definition) is 2. The predicted octanol–water partition coefficient (Wildman–Crippen LogP) is 2.52. The van der Waals surface area contributed by atoms with E-state index in [-0.39, 0.29) is 12.1 Å². The van der Waals surface area contributed by atoms with E-state index in [2.05, 4.69) is 18.9 Å². The lowest BCUT2D eigenvalue weighted by Gasteiger charge is -2.30. The molecule has 0 bridgehead atoms. The Balaban J connectivity index is 2.25. The van der Waals surface area contributed by atoms with Gasteiger partial charge >= 0.3 is 0 Å². The minimum atomic E-state index is -0.357. The summed E-state index contributed by atoms with van der Waals surface area (Å²) in [6.45, 7) is 3.28. The van der Waals surface area contributed by atoms with Gasteiger partial charge in [0.2, 0.25) is 0 Å². The van der Waals surface area contributed by atoms with E-state index in [4.69, 9.17) is 5.73 Å². The molecule has 3 N–H and O–H groups in total. The van der Waals surface area contributed by atoms with Crippen LogP contribution in [0.1, 0.15) is 64.7 Å². The lowest BCUT2D eigenvalue weighted by atomic mass is 9.92. The van der Waals surface area contributed by atoms with Crippen LogP contribution in [-0.4, -0.2) is 41.8 Å². The van der Waals surface area contributed by atoms with Crippen LogP contribution in [0.5, 0.6) is 0 Å². The van der Waals surface area contributed by atoms with Crippen LogP contribution in [-0.2, 0) is 0 Å². The summed E-state index contributed by atoms with van der Waals surface area (Å²) < 4.78 is 0. The molecule has 0 radical (unpaired) electrons. The number of aliphatic hydroxyl groups excluding tert-OH is 1. The summed E-state index contributed by atoms with van der Waals surface area (Å²) in [6.07, 6.45) is 11.2. The highest BCUT2D eigenvalue weighted by Crippen LogP contribution is 2.22. The summed E-state index contributed by atoms with van der Waals surface area (Å²) in [5, 5.41) is 9.30. The van der Waals surface area contributed by atoms with Crippen molar-refractivity contribution in [2.24, 2.45) is 5.73 Å². The van der Waals surface area contributed by atoms with Gasteiger partial charge in [-0.3, -0.25) is 0 Å². The van der Waals surface area contributed by atoms with Crippen molar-refractivity contribution in [1.82, 2.24) is 4.90 Å². The molecular formula is C15H32N2O. The molecule has 3 nitrogen and oxygen atoms in total. The molecule has 1 aliphatic carbocycles. The van der Waals surface area contributed by atoms with Gasteiger partial charge in [0.1, 0.15) is 0 Å². The topological polar surface area (TPSA) is 49.5 Å². The second kappa shape index (κ2) is 8.13. The van der Waals surface area contributed by atoms with E-state index in [9.17, 15) is 5.11 Å². The minimum Gasteiger partial charge on any atom is -0.394 e. The van der Waals surface area contributed by atoms with E-state index in [0.29, 0.717) is 0 Å². The summed E-state index contributed by atoms with van der Waals surface area (Å²) >= 11 is 0. The quantitative estimate of drug-likeness (QED) is 0.688. The first-order valence-corrected chi connectivity index (χ1v) is 7.71. The van der Waals surface area contributed by atoms with E-state index < -0.39 is 0 Å². The Kier molecular flexibility index (Phi) is 7.20. The molecule has 3 heteroatoms. The van der Waals surface area contributed by atoms with Crippen molar-refractivity contribution < 1.29 is 5.11 Å². The number of rotatable bonds is 7. The Morgan fingerprint density at radius 2 is 1.83 bits per heavy atom. The lowest BCUT2D eigenvalue weighted by molar-refractivity contribution is 0.165. The van der Waals surface area contributed by atoms with Gasteiger partial charge in [-0.2, -0.15) is 0 Å². The zero-order valence-corrected chi connectivity index (χ0v) is 12.3. The van der Waals surface area contributed by atoms with Crippen LogP contribution < -0.4 is 5.73 Å². The third-order valence-electron chi connectivity index (χ3n) is 4.65. The van der Waals surface area contributed by atoms with Crippen molar-refractivity contribution in [1.29, 1.82) is 0 Å². The molecule has 1 rings (SSSR count). The van der Waals surface area contributed by atoms with Crippen LogP contribution in [0.15, 0.2) is 0 Å². The molecule has 1 atom stereocenters. The molecule has 0 aromatic rings. The maximum Gasteiger partial charge on any atom is 0.0611 e. The molecule has 0 heterocycles. The van der Waals surface area contributed by atoms with Crippen LogP contribution in [0.4, 0.5) is 0 Å². The Hall–Kier alpha value is -0.120. The highest BCUT2D eigenvalue weighted by molar-refractivity contribution is 4.82. The van der Waals surface area contributed by atoms with Gasteiger partial charge in [0.05, 0.1) is 6.61 Å². The molecule has 1 saturated carbocycles. The van der Waals surface area contributed by atoms with Gasteiger partial charge in [0.25, 0.3) is 0 Å². The average molecular weight is 256 g/mol. The molecule has 18 heavy (non-hydrogen) atoms. The van der Waals surface area contributed by atoms with E-state index in [1.54, 1.807) is 0 Å². The number of hydrogen-bond acceptors (Lipinski definition) is 3. The van der Waals surface area contributed by atoms with Gasteiger partial charge in [0.15, 0.2) is 0 Å². The fraction of sp³-hybridized carbons (Fsp3) is 1.00. The second-order valence-electron chi connectivity index (χ2n) is 6.10. The molecule has 0 spiro atoms. The van der Waals surface area contributed by atoms with E-state index in [1.807, 2.05) is 0 Å². The normalized spacial score (nSPS) is 21.8. The maximum absolute atomic E-state index is 9.30. The number of nitrogens with zero attached hydrogens (tertiary/aromatic N) is 1. The van der Waals surface area contributed by atoms with Crippen molar-refractivity contribution in [3.8, 4) is 0 Å². The average Bonchev–Trinajstić information content (AvgIpc) is 2.67. The summed E-state index contributed by atoms with van der Waals surface area (Å²) in [5.74, 6) is 0. The van der Waals surface area contributed by atoms with E-state index in [0.717, 1.165) is 31.8 Å². The van der Waals surface area contributed by atoms with E-state index >= 15 is 0 Å². The van der Waals surface area contributed by atoms with Crippen LogP contribution in [0, 0.1) is 0 Å². The van der Waals surface area contributed by atoms with Gasteiger partial charge in [-0.25, -0.2) is 0 Å². The zero-order valence-electron chi connectivity index (χ0n) is 12.3. The van der Waals surface area contributed by atoms with Crippen molar-refractivity contribution in [3.63, 3.8) is 0 Å². The van der Waals surface area contributed by atoms with Gasteiger partial charge in [-0.1, -0.05) is 32.6 Å². The molecule has 108 valence electrons.